The van der Waals surface area contributed by atoms with E-state index in [1.807, 2.05) is 0 Å². The van der Waals surface area contributed by atoms with Gasteiger partial charge < -0.3 is 20.6 Å². The van der Waals surface area contributed by atoms with Gasteiger partial charge in [0.05, 0.1) is 6.61 Å². The SMILES string of the molecule is CN(CCOCC1CC1)C(=O)C1(C(N)=NO)CCC1. The number of carbonyl (C=O) groups excluding carboxylic acids is 1. The summed E-state index contributed by atoms with van der Waals surface area (Å²) in [6, 6.07) is 0. The van der Waals surface area contributed by atoms with Crippen LogP contribution in [0.3, 0.4) is 0 Å². The van der Waals surface area contributed by atoms with Crippen molar-refractivity contribution in [1.82, 2.24) is 4.90 Å². The summed E-state index contributed by atoms with van der Waals surface area (Å²) < 4.78 is 5.52. The van der Waals surface area contributed by atoms with E-state index < -0.39 is 5.41 Å². The van der Waals surface area contributed by atoms with E-state index in [1.165, 1.54) is 12.8 Å². The molecule has 2 aliphatic rings. The first-order chi connectivity index (χ1) is 9.10. The third kappa shape index (κ3) is 3.00. The maximum absolute atomic E-state index is 12.4. The fourth-order valence-electron chi connectivity index (χ4n) is 2.41. The normalized spacial score (nSPS) is 21.8. The predicted molar refractivity (Wildman–Crippen MR) is 70.9 cm³/mol. The average molecular weight is 269 g/mol. The quantitative estimate of drug-likeness (QED) is 0.235. The molecule has 6 nitrogen and oxygen atoms in total. The van der Waals surface area contributed by atoms with Crippen LogP contribution in [0.4, 0.5) is 0 Å². The molecule has 0 heterocycles. The molecule has 0 spiro atoms. The van der Waals surface area contributed by atoms with E-state index in [-0.39, 0.29) is 11.7 Å². The van der Waals surface area contributed by atoms with Gasteiger partial charge in [0.2, 0.25) is 5.91 Å². The number of nitrogens with zero attached hydrogens (tertiary/aromatic N) is 2. The maximum atomic E-state index is 12.4. The Balaban J connectivity index is 1.79. The molecule has 0 atom stereocenters. The minimum atomic E-state index is -0.778. The lowest BCUT2D eigenvalue weighted by atomic mass is 9.67. The first kappa shape index (κ1) is 14.1. The predicted octanol–water partition coefficient (Wildman–Crippen LogP) is 0.788. The van der Waals surface area contributed by atoms with Crippen molar-refractivity contribution in [2.24, 2.45) is 22.2 Å². The number of hydrogen-bond acceptors (Lipinski definition) is 4. The van der Waals surface area contributed by atoms with Crippen LogP contribution in [-0.2, 0) is 9.53 Å². The molecule has 0 aromatic carbocycles. The van der Waals surface area contributed by atoms with Gasteiger partial charge >= 0.3 is 0 Å². The van der Waals surface area contributed by atoms with Crippen molar-refractivity contribution in [2.45, 2.75) is 32.1 Å². The van der Waals surface area contributed by atoms with Gasteiger partial charge in [-0.1, -0.05) is 11.6 Å². The Morgan fingerprint density at radius 1 is 1.53 bits per heavy atom. The van der Waals surface area contributed by atoms with Crippen molar-refractivity contribution >= 4 is 11.7 Å². The van der Waals surface area contributed by atoms with Crippen LogP contribution in [0.2, 0.25) is 0 Å². The summed E-state index contributed by atoms with van der Waals surface area (Å²) in [6.07, 6.45) is 4.79. The molecule has 0 aliphatic heterocycles. The zero-order chi connectivity index (χ0) is 13.9. The number of carbonyl (C=O) groups is 1. The summed E-state index contributed by atoms with van der Waals surface area (Å²) >= 11 is 0. The van der Waals surface area contributed by atoms with Crippen molar-refractivity contribution in [2.75, 3.05) is 26.8 Å². The van der Waals surface area contributed by atoms with E-state index in [0.29, 0.717) is 26.0 Å². The van der Waals surface area contributed by atoms with E-state index in [1.54, 1.807) is 11.9 Å². The van der Waals surface area contributed by atoms with Crippen LogP contribution in [0.5, 0.6) is 0 Å². The Labute approximate surface area is 113 Å². The average Bonchev–Trinajstić information content (AvgIpc) is 3.16. The van der Waals surface area contributed by atoms with E-state index in [0.717, 1.165) is 18.9 Å². The number of oxime groups is 1. The van der Waals surface area contributed by atoms with Gasteiger partial charge in [-0.05, 0) is 31.6 Å². The summed E-state index contributed by atoms with van der Waals surface area (Å²) in [7, 11) is 1.74. The Morgan fingerprint density at radius 2 is 2.21 bits per heavy atom. The molecule has 2 rings (SSSR count). The summed E-state index contributed by atoms with van der Waals surface area (Å²) in [5, 5.41) is 11.8. The Bertz CT molecular complexity index is 362. The van der Waals surface area contributed by atoms with Crippen molar-refractivity contribution in [3.63, 3.8) is 0 Å². The minimum absolute atomic E-state index is 0.0366. The van der Waals surface area contributed by atoms with Crippen LogP contribution in [0.15, 0.2) is 5.16 Å². The number of nitrogens with two attached hydrogens (primary N) is 1. The second kappa shape index (κ2) is 5.77. The van der Waals surface area contributed by atoms with Gasteiger partial charge in [0.1, 0.15) is 5.41 Å². The van der Waals surface area contributed by atoms with E-state index >= 15 is 0 Å². The minimum Gasteiger partial charge on any atom is -0.409 e. The molecule has 6 heteroatoms. The Morgan fingerprint density at radius 3 is 2.68 bits per heavy atom. The lowest BCUT2D eigenvalue weighted by molar-refractivity contribution is -0.141. The molecule has 0 saturated heterocycles. The highest BCUT2D eigenvalue weighted by molar-refractivity contribution is 6.07. The molecule has 0 radical (unpaired) electrons. The highest BCUT2D eigenvalue weighted by Gasteiger charge is 2.49. The number of likely N-dealkylation sites (N-methyl/N-ethyl adjacent to an activating group) is 1. The summed E-state index contributed by atoms with van der Waals surface area (Å²) in [5.41, 5.74) is 4.90. The molecule has 2 aliphatic carbocycles. The standard InChI is InChI=1S/C13H23N3O3/c1-16(7-8-19-9-10-3-4-10)12(17)13(5-2-6-13)11(14)15-18/h10,18H,2-9H2,1H3,(H2,14,15). The molecule has 2 saturated carbocycles. The van der Waals surface area contributed by atoms with Crippen molar-refractivity contribution in [1.29, 1.82) is 0 Å². The first-order valence-electron chi connectivity index (χ1n) is 6.91. The smallest absolute Gasteiger partial charge is 0.236 e. The van der Waals surface area contributed by atoms with Crippen molar-refractivity contribution in [3.8, 4) is 0 Å². The highest BCUT2D eigenvalue weighted by Crippen LogP contribution is 2.42. The topological polar surface area (TPSA) is 88.2 Å². The Kier molecular flexibility index (Phi) is 4.29. The third-order valence-electron chi connectivity index (χ3n) is 4.18. The van der Waals surface area contributed by atoms with Crippen LogP contribution < -0.4 is 5.73 Å². The van der Waals surface area contributed by atoms with Crippen LogP contribution >= 0.6 is 0 Å². The number of ether oxygens (including phenoxy) is 1. The van der Waals surface area contributed by atoms with Crippen molar-refractivity contribution < 1.29 is 14.7 Å². The fraction of sp³-hybridized carbons (Fsp3) is 0.846. The molecule has 1 amide bonds. The second-order valence-electron chi connectivity index (χ2n) is 5.67. The van der Waals surface area contributed by atoms with Gasteiger partial charge in [-0.3, -0.25) is 4.79 Å². The first-order valence-corrected chi connectivity index (χ1v) is 6.91. The number of hydrogen-bond donors (Lipinski definition) is 2. The van der Waals surface area contributed by atoms with Crippen LogP contribution in [0.25, 0.3) is 0 Å². The van der Waals surface area contributed by atoms with Crippen molar-refractivity contribution in [3.05, 3.63) is 0 Å². The lowest BCUT2D eigenvalue weighted by Crippen LogP contribution is -2.54. The van der Waals surface area contributed by atoms with Crippen LogP contribution in [0.1, 0.15) is 32.1 Å². The van der Waals surface area contributed by atoms with Gasteiger partial charge in [-0.15, -0.1) is 0 Å². The van der Waals surface area contributed by atoms with E-state index in [9.17, 15) is 4.79 Å². The molecule has 0 aromatic heterocycles. The van der Waals surface area contributed by atoms with Gasteiger partial charge in [-0.25, -0.2) is 0 Å². The van der Waals surface area contributed by atoms with Gasteiger partial charge in [0.15, 0.2) is 5.84 Å². The van der Waals surface area contributed by atoms with Gasteiger partial charge in [0, 0.05) is 20.2 Å². The molecule has 0 bridgehead atoms. The molecule has 2 fully saturated rings. The monoisotopic (exact) mass is 269 g/mol. The fourth-order valence-corrected chi connectivity index (χ4v) is 2.41. The summed E-state index contributed by atoms with van der Waals surface area (Å²) in [5.74, 6) is 0.703. The van der Waals surface area contributed by atoms with Gasteiger partial charge in [0.25, 0.3) is 0 Å². The zero-order valence-electron chi connectivity index (χ0n) is 11.5. The number of rotatable bonds is 7. The molecular weight excluding hydrogens is 246 g/mol. The Hall–Kier alpha value is -1.30. The lowest BCUT2D eigenvalue weighted by Gasteiger charge is -2.41. The molecular formula is C13H23N3O3. The second-order valence-corrected chi connectivity index (χ2v) is 5.67. The molecule has 0 aromatic rings. The van der Waals surface area contributed by atoms with Crippen LogP contribution in [-0.4, -0.2) is 48.7 Å². The highest BCUT2D eigenvalue weighted by atomic mass is 16.5. The molecule has 3 N–H and O–H groups in total. The van der Waals surface area contributed by atoms with E-state index in [2.05, 4.69) is 5.16 Å². The number of amidine groups is 1. The summed E-state index contributed by atoms with van der Waals surface area (Å²) in [4.78, 5) is 14.0. The zero-order valence-corrected chi connectivity index (χ0v) is 11.5. The largest absolute Gasteiger partial charge is 0.409 e. The third-order valence-corrected chi connectivity index (χ3v) is 4.18. The number of amides is 1. The van der Waals surface area contributed by atoms with E-state index in [4.69, 9.17) is 15.7 Å². The molecule has 19 heavy (non-hydrogen) atoms. The van der Waals surface area contributed by atoms with Gasteiger partial charge in [-0.2, -0.15) is 0 Å². The molecule has 0 unspecified atom stereocenters. The maximum Gasteiger partial charge on any atom is 0.236 e. The summed E-state index contributed by atoms with van der Waals surface area (Å²) in [6.45, 7) is 1.89. The molecule has 108 valence electrons. The van der Waals surface area contributed by atoms with Crippen LogP contribution in [0, 0.1) is 11.3 Å².